The number of carbonyl (C=O) groups is 3. The molecule has 0 saturated heterocycles. The van der Waals surface area contributed by atoms with E-state index in [4.69, 9.17) is 9.47 Å². The fourth-order valence-electron chi connectivity index (χ4n) is 3.66. The van der Waals surface area contributed by atoms with Crippen molar-refractivity contribution in [1.29, 1.82) is 0 Å². The number of anilines is 1. The van der Waals surface area contributed by atoms with Crippen molar-refractivity contribution in [2.24, 2.45) is 7.05 Å². The third-order valence-electron chi connectivity index (χ3n) is 5.29. The molecule has 1 aromatic heterocycles. The van der Waals surface area contributed by atoms with Gasteiger partial charge in [0.25, 0.3) is 0 Å². The Bertz CT molecular complexity index is 969. The van der Waals surface area contributed by atoms with Crippen LogP contribution in [0.4, 0.5) is 5.69 Å². The highest BCUT2D eigenvalue weighted by atomic mass is 32.2. The molecule has 9 nitrogen and oxygen atoms in total. The minimum atomic E-state index is -0.621. The van der Waals surface area contributed by atoms with Gasteiger partial charge < -0.3 is 19.4 Å². The number of amides is 1. The zero-order valence-electron chi connectivity index (χ0n) is 17.8. The maximum absolute atomic E-state index is 12.6. The Labute approximate surface area is 184 Å². The smallest absolute Gasteiger partial charge is 0.339 e. The second-order valence-corrected chi connectivity index (χ2v) is 8.26. The summed E-state index contributed by atoms with van der Waals surface area (Å²) in [6.45, 7) is 0. The van der Waals surface area contributed by atoms with Gasteiger partial charge in [0.05, 0.1) is 36.8 Å². The van der Waals surface area contributed by atoms with Gasteiger partial charge in [-0.1, -0.05) is 31.0 Å². The maximum Gasteiger partial charge on any atom is 0.339 e. The molecule has 1 aliphatic carbocycles. The second kappa shape index (κ2) is 10.4. The molecule has 0 unspecified atom stereocenters. The van der Waals surface area contributed by atoms with E-state index < -0.39 is 11.9 Å². The normalized spacial score (nSPS) is 14.2. The first-order chi connectivity index (χ1) is 14.9. The van der Waals surface area contributed by atoms with Crippen LogP contribution in [0.15, 0.2) is 23.4 Å². The average molecular weight is 447 g/mol. The number of nitrogens with zero attached hydrogens (tertiary/aromatic N) is 3. The van der Waals surface area contributed by atoms with Crippen LogP contribution >= 0.6 is 11.8 Å². The van der Waals surface area contributed by atoms with Gasteiger partial charge in [0.1, 0.15) is 5.82 Å². The van der Waals surface area contributed by atoms with Crippen LogP contribution < -0.4 is 5.32 Å². The number of nitrogens with one attached hydrogen (secondary N) is 1. The van der Waals surface area contributed by atoms with E-state index in [9.17, 15) is 14.4 Å². The minimum absolute atomic E-state index is 0.0692. The molecule has 2 aromatic rings. The molecule has 0 bridgehead atoms. The van der Waals surface area contributed by atoms with Crippen molar-refractivity contribution in [1.82, 2.24) is 14.8 Å². The van der Waals surface area contributed by atoms with Crippen LogP contribution in [0.3, 0.4) is 0 Å². The zero-order valence-corrected chi connectivity index (χ0v) is 18.7. The summed E-state index contributed by atoms with van der Waals surface area (Å²) >= 11 is 1.26. The summed E-state index contributed by atoms with van der Waals surface area (Å²) in [5, 5.41) is 11.9. The van der Waals surface area contributed by atoms with Crippen molar-refractivity contribution in [3.05, 3.63) is 35.2 Å². The van der Waals surface area contributed by atoms with Gasteiger partial charge in [-0.2, -0.15) is 0 Å². The Kier molecular flexibility index (Phi) is 7.67. The van der Waals surface area contributed by atoms with Gasteiger partial charge in [0.2, 0.25) is 5.91 Å². The van der Waals surface area contributed by atoms with Gasteiger partial charge in [-0.05, 0) is 31.0 Å². The predicted molar refractivity (Wildman–Crippen MR) is 115 cm³/mol. The number of hydrogen-bond acceptors (Lipinski definition) is 8. The third kappa shape index (κ3) is 5.43. The molecule has 31 heavy (non-hydrogen) atoms. The van der Waals surface area contributed by atoms with Crippen LogP contribution in [0.5, 0.6) is 0 Å². The highest BCUT2D eigenvalue weighted by molar-refractivity contribution is 7.99. The monoisotopic (exact) mass is 446 g/mol. The molecule has 1 aliphatic rings. The first kappa shape index (κ1) is 22.8. The lowest BCUT2D eigenvalue weighted by Gasteiger charge is -2.20. The molecule has 1 fully saturated rings. The summed E-state index contributed by atoms with van der Waals surface area (Å²) < 4.78 is 11.4. The van der Waals surface area contributed by atoms with Crippen molar-refractivity contribution in [3.63, 3.8) is 0 Å². The first-order valence-electron chi connectivity index (χ1n) is 10.1. The highest BCUT2D eigenvalue weighted by Crippen LogP contribution is 2.32. The number of hydrogen-bond donors (Lipinski definition) is 1. The van der Waals surface area contributed by atoms with Crippen LogP contribution in [0.1, 0.15) is 64.6 Å². The summed E-state index contributed by atoms with van der Waals surface area (Å²) in [7, 11) is 4.42. The number of benzene rings is 1. The van der Waals surface area contributed by atoms with Gasteiger partial charge in [0, 0.05) is 13.0 Å². The number of rotatable bonds is 7. The molecule has 1 N–H and O–H groups in total. The molecular weight excluding hydrogens is 420 g/mol. The Morgan fingerprint density at radius 3 is 2.48 bits per heavy atom. The minimum Gasteiger partial charge on any atom is -0.465 e. The molecule has 0 radical (unpaired) electrons. The summed E-state index contributed by atoms with van der Waals surface area (Å²) in [6, 6.07) is 4.25. The molecule has 0 aliphatic heterocycles. The van der Waals surface area contributed by atoms with E-state index >= 15 is 0 Å². The van der Waals surface area contributed by atoms with Gasteiger partial charge in [-0.15, -0.1) is 10.2 Å². The van der Waals surface area contributed by atoms with Crippen molar-refractivity contribution in [3.8, 4) is 0 Å². The number of methoxy groups -OCH3 is 2. The standard InChI is InChI=1S/C21H26N4O5S/c1-25-18(13-7-5-4-6-8-13)23-24-21(25)31-12-17(26)22-16-11-14(19(27)29-2)9-10-15(16)20(28)30-3/h9-11,13H,4-8,12H2,1-3H3,(H,22,26). The Morgan fingerprint density at radius 1 is 1.10 bits per heavy atom. The third-order valence-corrected chi connectivity index (χ3v) is 6.31. The average Bonchev–Trinajstić information content (AvgIpc) is 3.17. The Morgan fingerprint density at radius 2 is 1.81 bits per heavy atom. The lowest BCUT2D eigenvalue weighted by Crippen LogP contribution is -2.18. The van der Waals surface area contributed by atoms with Crippen molar-refractivity contribution < 1.29 is 23.9 Å². The molecule has 166 valence electrons. The van der Waals surface area contributed by atoms with E-state index in [1.807, 2.05) is 11.6 Å². The predicted octanol–water partition coefficient (Wildman–Crippen LogP) is 3.17. The highest BCUT2D eigenvalue weighted by Gasteiger charge is 2.23. The molecule has 3 rings (SSSR count). The zero-order chi connectivity index (χ0) is 22.4. The molecule has 1 aromatic carbocycles. The number of carbonyl (C=O) groups excluding carboxylic acids is 3. The van der Waals surface area contributed by atoms with Crippen molar-refractivity contribution in [2.45, 2.75) is 43.2 Å². The fourth-order valence-corrected chi connectivity index (χ4v) is 4.38. The summed E-state index contributed by atoms with van der Waals surface area (Å²) in [5.74, 6) is -0.0982. The summed E-state index contributed by atoms with van der Waals surface area (Å²) in [4.78, 5) is 36.4. The molecule has 0 atom stereocenters. The summed E-state index contributed by atoms with van der Waals surface area (Å²) in [5.41, 5.74) is 0.538. The van der Waals surface area contributed by atoms with E-state index in [0.29, 0.717) is 11.1 Å². The lowest BCUT2D eigenvalue weighted by atomic mass is 9.89. The van der Waals surface area contributed by atoms with E-state index in [0.717, 1.165) is 18.7 Å². The molecule has 1 amide bonds. The van der Waals surface area contributed by atoms with Crippen LogP contribution in [-0.4, -0.2) is 52.6 Å². The quantitative estimate of drug-likeness (QED) is 0.510. The Hall–Kier alpha value is -2.88. The largest absolute Gasteiger partial charge is 0.465 e. The topological polar surface area (TPSA) is 112 Å². The molecule has 10 heteroatoms. The van der Waals surface area contributed by atoms with E-state index in [1.165, 1.54) is 63.4 Å². The van der Waals surface area contributed by atoms with Gasteiger partial charge in [-0.25, -0.2) is 9.59 Å². The van der Waals surface area contributed by atoms with Gasteiger partial charge in [0.15, 0.2) is 5.16 Å². The van der Waals surface area contributed by atoms with Crippen LogP contribution in [0.2, 0.25) is 0 Å². The molecule has 1 heterocycles. The Balaban J connectivity index is 1.68. The van der Waals surface area contributed by atoms with E-state index in [1.54, 1.807) is 0 Å². The lowest BCUT2D eigenvalue weighted by molar-refractivity contribution is -0.113. The SMILES string of the molecule is COC(=O)c1ccc(C(=O)OC)c(NC(=O)CSc2nnc(C3CCCCC3)n2C)c1. The van der Waals surface area contributed by atoms with E-state index in [2.05, 4.69) is 15.5 Å². The van der Waals surface area contributed by atoms with Crippen LogP contribution in [-0.2, 0) is 21.3 Å². The van der Waals surface area contributed by atoms with Crippen molar-refractivity contribution in [2.75, 3.05) is 25.3 Å². The fraction of sp³-hybridized carbons (Fsp3) is 0.476. The number of thioether (sulfide) groups is 1. The van der Waals surface area contributed by atoms with E-state index in [-0.39, 0.29) is 28.5 Å². The van der Waals surface area contributed by atoms with Gasteiger partial charge in [-0.3, -0.25) is 4.79 Å². The van der Waals surface area contributed by atoms with Crippen LogP contribution in [0.25, 0.3) is 0 Å². The molecule has 0 spiro atoms. The maximum atomic E-state index is 12.6. The number of aromatic nitrogens is 3. The number of ether oxygens (including phenoxy) is 2. The summed E-state index contributed by atoms with van der Waals surface area (Å²) in [6.07, 6.45) is 5.90. The van der Waals surface area contributed by atoms with Crippen LogP contribution in [0, 0.1) is 0 Å². The molecule has 1 saturated carbocycles. The number of esters is 2. The van der Waals surface area contributed by atoms with Crippen molar-refractivity contribution >= 4 is 35.3 Å². The second-order valence-electron chi connectivity index (χ2n) is 7.32. The molecular formula is C21H26N4O5S. The first-order valence-corrected chi connectivity index (χ1v) is 11.1. The van der Waals surface area contributed by atoms with Gasteiger partial charge >= 0.3 is 11.9 Å².